The van der Waals surface area contributed by atoms with E-state index >= 15 is 0 Å². The van der Waals surface area contributed by atoms with Gasteiger partial charge in [0, 0.05) is 38.8 Å². The van der Waals surface area contributed by atoms with E-state index in [4.69, 9.17) is 4.74 Å². The van der Waals surface area contributed by atoms with E-state index in [0.29, 0.717) is 6.73 Å². The van der Waals surface area contributed by atoms with Crippen LogP contribution in [0.1, 0.15) is 11.3 Å². The lowest BCUT2D eigenvalue weighted by molar-refractivity contribution is 0.0785. The molecule has 110 valence electrons. The van der Waals surface area contributed by atoms with E-state index in [1.54, 1.807) is 17.1 Å². The third-order valence-electron chi connectivity index (χ3n) is 2.86. The fraction of sp³-hybridized carbons (Fsp3) is 0.375. The standard InChI is InChI=1S/C16H21N3OSi/c1-21(2,3)12-11-20-14-19-10-8-16(18-19)7-6-15-5-4-9-17-13-15/h4-5,8-10,13H,11-12,14H2,1-3H3. The van der Waals surface area contributed by atoms with E-state index in [1.165, 1.54) is 6.04 Å². The molecule has 5 heteroatoms. The molecule has 0 atom stereocenters. The van der Waals surface area contributed by atoms with Crippen molar-refractivity contribution in [1.29, 1.82) is 0 Å². The monoisotopic (exact) mass is 299 g/mol. The third-order valence-corrected chi connectivity index (χ3v) is 4.56. The van der Waals surface area contributed by atoms with E-state index in [1.807, 2.05) is 24.4 Å². The summed E-state index contributed by atoms with van der Waals surface area (Å²) in [6.07, 6.45) is 5.36. The summed E-state index contributed by atoms with van der Waals surface area (Å²) in [5, 5.41) is 4.37. The van der Waals surface area contributed by atoms with Crippen molar-refractivity contribution >= 4 is 8.07 Å². The molecule has 0 saturated carbocycles. The van der Waals surface area contributed by atoms with Crippen LogP contribution in [-0.2, 0) is 11.5 Å². The molecule has 2 aromatic rings. The second-order valence-electron chi connectivity index (χ2n) is 6.08. The number of nitrogens with zero attached hydrogens (tertiary/aromatic N) is 3. The predicted octanol–water partition coefficient (Wildman–Crippen LogP) is 2.99. The van der Waals surface area contributed by atoms with Crippen LogP contribution >= 0.6 is 0 Å². The highest BCUT2D eigenvalue weighted by Gasteiger charge is 2.11. The van der Waals surface area contributed by atoms with Gasteiger partial charge in [-0.2, -0.15) is 5.10 Å². The third kappa shape index (κ3) is 5.94. The van der Waals surface area contributed by atoms with Crippen molar-refractivity contribution < 1.29 is 4.74 Å². The van der Waals surface area contributed by atoms with Gasteiger partial charge in [-0.3, -0.25) is 4.98 Å². The molecular formula is C16H21N3OSi. The van der Waals surface area contributed by atoms with E-state index in [9.17, 15) is 0 Å². The molecule has 0 N–H and O–H groups in total. The zero-order chi connectivity index (χ0) is 15.1. The molecule has 0 aromatic carbocycles. The van der Waals surface area contributed by atoms with Gasteiger partial charge in [-0.25, -0.2) is 4.68 Å². The molecule has 2 aromatic heterocycles. The topological polar surface area (TPSA) is 39.9 Å². The minimum atomic E-state index is -1.02. The van der Waals surface area contributed by atoms with Crippen LogP contribution < -0.4 is 0 Å². The van der Waals surface area contributed by atoms with Gasteiger partial charge in [0.2, 0.25) is 0 Å². The summed E-state index contributed by atoms with van der Waals surface area (Å²) >= 11 is 0. The summed E-state index contributed by atoms with van der Waals surface area (Å²) < 4.78 is 7.42. The predicted molar refractivity (Wildman–Crippen MR) is 86.5 cm³/mol. The fourth-order valence-corrected chi connectivity index (χ4v) is 2.37. The summed E-state index contributed by atoms with van der Waals surface area (Å²) in [6.45, 7) is 8.31. The highest BCUT2D eigenvalue weighted by atomic mass is 28.3. The van der Waals surface area contributed by atoms with E-state index < -0.39 is 8.07 Å². The lowest BCUT2D eigenvalue weighted by Gasteiger charge is -2.15. The summed E-state index contributed by atoms with van der Waals surface area (Å²) in [7, 11) is -1.02. The lowest BCUT2D eigenvalue weighted by atomic mass is 10.3. The molecule has 2 rings (SSSR count). The summed E-state index contributed by atoms with van der Waals surface area (Å²) in [5.41, 5.74) is 1.63. The quantitative estimate of drug-likeness (QED) is 0.484. The Morgan fingerprint density at radius 1 is 1.24 bits per heavy atom. The van der Waals surface area contributed by atoms with Crippen molar-refractivity contribution in [2.75, 3.05) is 6.61 Å². The van der Waals surface area contributed by atoms with Gasteiger partial charge in [0.05, 0.1) is 0 Å². The molecule has 21 heavy (non-hydrogen) atoms. The summed E-state index contributed by atoms with van der Waals surface area (Å²) in [5.74, 6) is 6.06. The molecule has 0 unspecified atom stereocenters. The molecule has 0 aliphatic heterocycles. The van der Waals surface area contributed by atoms with Crippen molar-refractivity contribution in [2.24, 2.45) is 0 Å². The molecular weight excluding hydrogens is 278 g/mol. The normalized spacial score (nSPS) is 11.0. The van der Waals surface area contributed by atoms with Crippen molar-refractivity contribution in [3.63, 3.8) is 0 Å². The average Bonchev–Trinajstić information content (AvgIpc) is 2.89. The van der Waals surface area contributed by atoms with Crippen LogP contribution in [0.5, 0.6) is 0 Å². The van der Waals surface area contributed by atoms with Crippen LogP contribution in [0.2, 0.25) is 25.7 Å². The SMILES string of the molecule is C[Si](C)(C)CCOCn1ccc(C#Cc2cccnc2)n1. The van der Waals surface area contributed by atoms with Crippen LogP contribution in [0.25, 0.3) is 0 Å². The smallest absolute Gasteiger partial charge is 0.139 e. The number of aromatic nitrogens is 3. The zero-order valence-corrected chi connectivity index (χ0v) is 13.8. The highest BCUT2D eigenvalue weighted by molar-refractivity contribution is 6.76. The van der Waals surface area contributed by atoms with Crippen LogP contribution in [0.4, 0.5) is 0 Å². The molecule has 4 nitrogen and oxygen atoms in total. The van der Waals surface area contributed by atoms with E-state index in [0.717, 1.165) is 17.9 Å². The van der Waals surface area contributed by atoms with Gasteiger partial charge in [0.15, 0.2) is 0 Å². The minimum absolute atomic E-state index is 0.485. The number of rotatable bonds is 5. The number of ether oxygens (including phenoxy) is 1. The van der Waals surface area contributed by atoms with Crippen molar-refractivity contribution in [1.82, 2.24) is 14.8 Å². The fourth-order valence-electron chi connectivity index (χ4n) is 1.61. The lowest BCUT2D eigenvalue weighted by Crippen LogP contribution is -2.22. The Balaban J connectivity index is 1.83. The second-order valence-corrected chi connectivity index (χ2v) is 11.7. The van der Waals surface area contributed by atoms with Gasteiger partial charge < -0.3 is 4.74 Å². The molecule has 0 fully saturated rings. The minimum Gasteiger partial charge on any atom is -0.360 e. The maximum atomic E-state index is 5.65. The maximum Gasteiger partial charge on any atom is 0.139 e. The zero-order valence-electron chi connectivity index (χ0n) is 12.8. The number of hydrogen-bond acceptors (Lipinski definition) is 3. The molecule has 0 bridgehead atoms. The Labute approximate surface area is 127 Å². The largest absolute Gasteiger partial charge is 0.360 e. The van der Waals surface area contributed by atoms with Gasteiger partial charge in [-0.15, -0.1) is 0 Å². The van der Waals surface area contributed by atoms with Gasteiger partial charge in [-0.1, -0.05) is 25.6 Å². The number of hydrogen-bond donors (Lipinski definition) is 0. The Morgan fingerprint density at radius 3 is 2.81 bits per heavy atom. The molecule has 0 aliphatic rings. The molecule has 0 aliphatic carbocycles. The molecule has 0 amide bonds. The second kappa shape index (κ2) is 7.20. The first-order valence-corrected chi connectivity index (χ1v) is 10.8. The van der Waals surface area contributed by atoms with Crippen molar-refractivity contribution in [3.05, 3.63) is 48.0 Å². The summed E-state index contributed by atoms with van der Waals surface area (Å²) in [4.78, 5) is 4.03. The summed E-state index contributed by atoms with van der Waals surface area (Å²) in [6, 6.07) is 6.86. The van der Waals surface area contributed by atoms with E-state index in [-0.39, 0.29) is 0 Å². The Hall–Kier alpha value is -1.90. The molecule has 0 radical (unpaired) electrons. The van der Waals surface area contributed by atoms with Crippen molar-refractivity contribution in [2.45, 2.75) is 32.4 Å². The van der Waals surface area contributed by atoms with Gasteiger partial charge in [0.25, 0.3) is 0 Å². The van der Waals surface area contributed by atoms with Gasteiger partial charge in [-0.05, 0) is 30.2 Å². The van der Waals surface area contributed by atoms with Crippen molar-refractivity contribution in [3.8, 4) is 11.8 Å². The average molecular weight is 299 g/mol. The molecule has 2 heterocycles. The highest BCUT2D eigenvalue weighted by Crippen LogP contribution is 2.07. The van der Waals surface area contributed by atoms with Crippen LogP contribution in [0, 0.1) is 11.8 Å². The van der Waals surface area contributed by atoms with Gasteiger partial charge >= 0.3 is 0 Å². The maximum absolute atomic E-state index is 5.65. The first-order valence-electron chi connectivity index (χ1n) is 7.06. The number of pyridine rings is 1. The molecule has 0 saturated heterocycles. The molecule has 0 spiro atoms. The van der Waals surface area contributed by atoms with Crippen LogP contribution in [0.3, 0.4) is 0 Å². The van der Waals surface area contributed by atoms with Crippen LogP contribution in [-0.4, -0.2) is 29.4 Å². The Kier molecular flexibility index (Phi) is 5.31. The van der Waals surface area contributed by atoms with E-state index in [2.05, 4.69) is 41.6 Å². The Bertz CT molecular complexity index is 620. The first-order chi connectivity index (χ1) is 10.0. The van der Waals surface area contributed by atoms with Crippen LogP contribution in [0.15, 0.2) is 36.8 Å². The first kappa shape index (κ1) is 15.5. The van der Waals surface area contributed by atoms with Gasteiger partial charge in [0.1, 0.15) is 12.4 Å². The Morgan fingerprint density at radius 2 is 2.10 bits per heavy atom.